The molecule has 0 spiro atoms. The average molecular weight is 492 g/mol. The summed E-state index contributed by atoms with van der Waals surface area (Å²) in [4.78, 5) is 25.3. The van der Waals surface area contributed by atoms with Gasteiger partial charge in [-0.1, -0.05) is 36.4 Å². The van der Waals surface area contributed by atoms with E-state index in [0.29, 0.717) is 22.4 Å². The maximum atomic E-state index is 12.5. The molecular weight excluding hydrogens is 464 g/mol. The van der Waals surface area contributed by atoms with Crippen LogP contribution in [0.1, 0.15) is 47.3 Å². The van der Waals surface area contributed by atoms with E-state index in [2.05, 4.69) is 10.6 Å². The molecule has 1 saturated carbocycles. The van der Waals surface area contributed by atoms with E-state index in [9.17, 15) is 23.1 Å². The third kappa shape index (κ3) is 6.48. The molecule has 1 fully saturated rings. The summed E-state index contributed by atoms with van der Waals surface area (Å²) in [7, 11) is -3.28. The second-order valence-electron chi connectivity index (χ2n) is 8.90. The number of amides is 2. The van der Waals surface area contributed by atoms with E-state index in [1.807, 2.05) is 0 Å². The van der Waals surface area contributed by atoms with Crippen LogP contribution in [-0.2, 0) is 21.1 Å². The summed E-state index contributed by atoms with van der Waals surface area (Å²) in [6, 6.07) is 19.0. The van der Waals surface area contributed by atoms with Gasteiger partial charge in [0.15, 0.2) is 9.84 Å². The number of hydrogen-bond acceptors (Lipinski definition) is 5. The molecule has 0 saturated heterocycles. The minimum absolute atomic E-state index is 0.0946. The molecule has 182 valence electrons. The quantitative estimate of drug-likeness (QED) is 0.474. The van der Waals surface area contributed by atoms with Gasteiger partial charge >= 0.3 is 0 Å². The third-order valence-electron chi connectivity index (χ3n) is 5.96. The van der Waals surface area contributed by atoms with Crippen LogP contribution in [0.3, 0.4) is 0 Å². The van der Waals surface area contributed by atoms with Gasteiger partial charge in [-0.15, -0.1) is 5.75 Å². The Morgan fingerprint density at radius 2 is 1.63 bits per heavy atom. The van der Waals surface area contributed by atoms with Gasteiger partial charge in [0.05, 0.1) is 23.1 Å². The molecule has 1 aliphatic rings. The second kappa shape index (κ2) is 10.3. The van der Waals surface area contributed by atoms with Crippen LogP contribution in [0.5, 0.6) is 5.75 Å². The van der Waals surface area contributed by atoms with Crippen LogP contribution in [0.25, 0.3) is 0 Å². The predicted molar refractivity (Wildman–Crippen MR) is 132 cm³/mol. The highest BCUT2D eigenvalue weighted by Crippen LogP contribution is 2.32. The van der Waals surface area contributed by atoms with Gasteiger partial charge in [0.1, 0.15) is 0 Å². The summed E-state index contributed by atoms with van der Waals surface area (Å²) in [6.07, 6.45) is 2.04. The van der Waals surface area contributed by atoms with Crippen LogP contribution in [0, 0.1) is 5.92 Å². The number of para-hydroxylation sites is 1. The molecule has 0 unspecified atom stereocenters. The second-order valence-corrected chi connectivity index (χ2v) is 10.9. The Kier molecular flexibility index (Phi) is 7.21. The van der Waals surface area contributed by atoms with Gasteiger partial charge in [0.25, 0.3) is 5.91 Å². The standard InChI is InChI=1S/C27H28N2O5S/c1-18(24-4-2-3-5-25(24)30)28-27(32)21-10-12-22(13-11-21)29-26(31)16-19-8-14-23(15-9-19)35(33,34)17-20-6-7-20/h2-5,8-15,18,20,30H,6-7,16-17H2,1H3,(H,28,32)(H,29,31)/p-1/t18-/m0/s1. The molecule has 2 N–H and O–H groups in total. The summed E-state index contributed by atoms with van der Waals surface area (Å²) in [6.45, 7) is 1.75. The van der Waals surface area contributed by atoms with Crippen molar-refractivity contribution in [3.63, 3.8) is 0 Å². The molecule has 0 heterocycles. The topological polar surface area (TPSA) is 115 Å². The zero-order chi connectivity index (χ0) is 25.0. The summed E-state index contributed by atoms with van der Waals surface area (Å²) >= 11 is 0. The van der Waals surface area contributed by atoms with Crippen LogP contribution >= 0.6 is 0 Å². The first-order chi connectivity index (χ1) is 16.7. The van der Waals surface area contributed by atoms with E-state index in [0.717, 1.165) is 12.8 Å². The van der Waals surface area contributed by atoms with Crippen molar-refractivity contribution in [1.82, 2.24) is 5.32 Å². The number of nitrogens with one attached hydrogen (secondary N) is 2. The fraction of sp³-hybridized carbons (Fsp3) is 0.259. The summed E-state index contributed by atoms with van der Waals surface area (Å²) in [5, 5.41) is 17.5. The molecule has 0 radical (unpaired) electrons. The number of benzene rings is 3. The largest absolute Gasteiger partial charge is 0.872 e. The molecule has 3 aromatic rings. The van der Waals surface area contributed by atoms with E-state index in [4.69, 9.17) is 0 Å². The van der Waals surface area contributed by atoms with Gasteiger partial charge in [0, 0.05) is 11.3 Å². The van der Waals surface area contributed by atoms with Crippen LogP contribution in [-0.4, -0.2) is 26.0 Å². The number of anilines is 1. The Bertz CT molecular complexity index is 1310. The van der Waals surface area contributed by atoms with E-state index in [-0.39, 0.29) is 40.6 Å². The van der Waals surface area contributed by atoms with Gasteiger partial charge in [-0.2, -0.15) is 0 Å². The van der Waals surface area contributed by atoms with Gasteiger partial charge in [-0.25, -0.2) is 8.42 Å². The van der Waals surface area contributed by atoms with E-state index in [1.54, 1.807) is 73.7 Å². The first-order valence-corrected chi connectivity index (χ1v) is 13.1. The minimum atomic E-state index is -3.28. The SMILES string of the molecule is C[C@H](NC(=O)c1ccc(NC(=O)Cc2ccc(S(=O)(=O)CC3CC3)cc2)cc1)c1ccccc1[O-]. The summed E-state index contributed by atoms with van der Waals surface area (Å²) in [5.74, 6) is -0.244. The molecule has 4 rings (SSSR count). The predicted octanol–water partition coefficient (Wildman–Crippen LogP) is 3.62. The average Bonchev–Trinajstić information content (AvgIpc) is 3.63. The fourth-order valence-corrected chi connectivity index (χ4v) is 5.49. The number of hydrogen-bond donors (Lipinski definition) is 2. The molecule has 3 aromatic carbocycles. The number of carbonyl (C=O) groups is 2. The van der Waals surface area contributed by atoms with Gasteiger partial charge in [0.2, 0.25) is 5.91 Å². The Morgan fingerprint density at radius 1 is 0.971 bits per heavy atom. The Hall–Kier alpha value is -3.65. The van der Waals surface area contributed by atoms with Crippen molar-refractivity contribution in [2.45, 2.75) is 37.1 Å². The molecule has 0 bridgehead atoms. The van der Waals surface area contributed by atoms with E-state index >= 15 is 0 Å². The maximum Gasteiger partial charge on any atom is 0.251 e. The van der Waals surface area contributed by atoms with Gasteiger partial charge in [-0.3, -0.25) is 9.59 Å². The molecule has 1 aliphatic carbocycles. The lowest BCUT2D eigenvalue weighted by Crippen LogP contribution is -2.27. The number of carbonyl (C=O) groups excluding carboxylic acids is 2. The molecule has 7 nitrogen and oxygen atoms in total. The van der Waals surface area contributed by atoms with Crippen LogP contribution in [0.2, 0.25) is 0 Å². The van der Waals surface area contributed by atoms with Crippen molar-refractivity contribution >= 4 is 27.3 Å². The summed E-state index contributed by atoms with van der Waals surface area (Å²) < 4.78 is 24.7. The highest BCUT2D eigenvalue weighted by Gasteiger charge is 2.29. The molecule has 0 aromatic heterocycles. The molecule has 8 heteroatoms. The van der Waals surface area contributed by atoms with Gasteiger partial charge < -0.3 is 15.7 Å². The zero-order valence-corrected chi connectivity index (χ0v) is 20.2. The van der Waals surface area contributed by atoms with Crippen LogP contribution < -0.4 is 15.7 Å². The van der Waals surface area contributed by atoms with E-state index < -0.39 is 15.9 Å². The van der Waals surface area contributed by atoms with Crippen LogP contribution in [0.15, 0.2) is 77.7 Å². The van der Waals surface area contributed by atoms with Crippen molar-refractivity contribution < 1.29 is 23.1 Å². The molecule has 0 aliphatic heterocycles. The first kappa shape index (κ1) is 24.5. The minimum Gasteiger partial charge on any atom is -0.872 e. The molecular formula is C27H27N2O5S-. The van der Waals surface area contributed by atoms with Crippen molar-refractivity contribution in [3.8, 4) is 5.75 Å². The smallest absolute Gasteiger partial charge is 0.251 e. The van der Waals surface area contributed by atoms with Crippen molar-refractivity contribution in [1.29, 1.82) is 0 Å². The zero-order valence-electron chi connectivity index (χ0n) is 19.4. The lowest BCUT2D eigenvalue weighted by molar-refractivity contribution is -0.269. The Balaban J connectivity index is 1.30. The van der Waals surface area contributed by atoms with E-state index in [1.165, 1.54) is 6.07 Å². The normalized spacial score (nSPS) is 14.2. The highest BCUT2D eigenvalue weighted by atomic mass is 32.2. The highest BCUT2D eigenvalue weighted by molar-refractivity contribution is 7.91. The van der Waals surface area contributed by atoms with Crippen LogP contribution in [0.4, 0.5) is 5.69 Å². The summed E-state index contributed by atoms with van der Waals surface area (Å²) in [5.41, 5.74) is 2.16. The lowest BCUT2D eigenvalue weighted by atomic mass is 10.1. The Morgan fingerprint density at radius 3 is 2.26 bits per heavy atom. The molecule has 35 heavy (non-hydrogen) atoms. The lowest BCUT2D eigenvalue weighted by Gasteiger charge is -2.20. The fourth-order valence-electron chi connectivity index (χ4n) is 3.80. The third-order valence-corrected chi connectivity index (χ3v) is 7.86. The van der Waals surface area contributed by atoms with Crippen molar-refractivity contribution in [2.24, 2.45) is 5.92 Å². The first-order valence-electron chi connectivity index (χ1n) is 11.5. The monoisotopic (exact) mass is 491 g/mol. The molecule has 2 amide bonds. The Labute approximate surface area is 205 Å². The maximum absolute atomic E-state index is 12.5. The van der Waals surface area contributed by atoms with Crippen molar-refractivity contribution in [3.05, 3.63) is 89.5 Å². The number of sulfone groups is 1. The van der Waals surface area contributed by atoms with Gasteiger partial charge in [-0.05, 0) is 73.2 Å². The molecule has 1 atom stereocenters. The number of rotatable bonds is 9. The van der Waals surface area contributed by atoms with Crippen molar-refractivity contribution in [2.75, 3.05) is 11.1 Å².